The fourth-order valence-electron chi connectivity index (χ4n) is 6.75. The number of aryl methyl sites for hydroxylation is 1. The third kappa shape index (κ3) is 3.08. The number of carbonyl (C=O) groups is 1. The molecule has 1 unspecified atom stereocenters. The Bertz CT molecular complexity index is 1250. The summed E-state index contributed by atoms with van der Waals surface area (Å²) in [6.45, 7) is 5.26. The summed E-state index contributed by atoms with van der Waals surface area (Å²) in [5.74, 6) is 1.09. The minimum atomic E-state index is -0.858. The molecule has 0 radical (unpaired) electrons. The normalized spacial score (nSPS) is 20.3. The number of benzene rings is 2. The first-order valence-electron chi connectivity index (χ1n) is 12.4. The molecule has 5 heteroatoms. The molecule has 1 atom stereocenters. The second kappa shape index (κ2) is 7.82. The molecule has 5 nitrogen and oxygen atoms in total. The predicted octanol–water partition coefficient (Wildman–Crippen LogP) is 6.39. The van der Waals surface area contributed by atoms with Crippen molar-refractivity contribution in [2.45, 2.75) is 63.8 Å². The largest absolute Gasteiger partial charge is 0.496 e. The zero-order valence-electron chi connectivity index (χ0n) is 19.6. The monoisotopic (exact) mass is 444 g/mol. The quantitative estimate of drug-likeness (QED) is 0.509. The molecule has 33 heavy (non-hydrogen) atoms. The third-order valence-electron chi connectivity index (χ3n) is 8.13. The van der Waals surface area contributed by atoms with Gasteiger partial charge in [-0.05, 0) is 55.0 Å². The van der Waals surface area contributed by atoms with Gasteiger partial charge in [0.15, 0.2) is 0 Å². The lowest BCUT2D eigenvalue weighted by Crippen LogP contribution is -2.26. The number of rotatable bonds is 3. The van der Waals surface area contributed by atoms with Gasteiger partial charge in [-0.3, -0.25) is 0 Å². The topological polar surface area (TPSA) is 54.7 Å². The van der Waals surface area contributed by atoms with Gasteiger partial charge in [-0.25, -0.2) is 4.79 Å². The van der Waals surface area contributed by atoms with Gasteiger partial charge in [-0.1, -0.05) is 32.3 Å². The second-order valence-corrected chi connectivity index (χ2v) is 10.1. The van der Waals surface area contributed by atoms with Crippen molar-refractivity contribution in [3.8, 4) is 17.0 Å². The second-order valence-electron chi connectivity index (χ2n) is 10.1. The van der Waals surface area contributed by atoms with Crippen LogP contribution in [0.2, 0.25) is 0 Å². The van der Waals surface area contributed by atoms with Crippen LogP contribution in [0, 0.1) is 0 Å². The summed E-state index contributed by atoms with van der Waals surface area (Å²) in [6.07, 6.45) is 7.33. The Hall–Kier alpha value is -2.95. The van der Waals surface area contributed by atoms with Crippen LogP contribution in [-0.4, -0.2) is 35.8 Å². The van der Waals surface area contributed by atoms with Gasteiger partial charge < -0.3 is 19.3 Å². The lowest BCUT2D eigenvalue weighted by atomic mass is 9.81. The zero-order chi connectivity index (χ0) is 22.7. The van der Waals surface area contributed by atoms with Crippen LogP contribution in [0.5, 0.6) is 5.75 Å². The van der Waals surface area contributed by atoms with E-state index in [9.17, 15) is 9.90 Å². The number of aromatic carboxylic acids is 1. The van der Waals surface area contributed by atoms with E-state index in [2.05, 4.69) is 34.6 Å². The first kappa shape index (κ1) is 20.6. The Labute approximate surface area is 195 Å². The van der Waals surface area contributed by atoms with Gasteiger partial charge in [0.05, 0.1) is 24.1 Å². The molecule has 3 aliphatic rings. The van der Waals surface area contributed by atoms with Crippen LogP contribution < -0.4 is 9.64 Å². The van der Waals surface area contributed by atoms with E-state index in [0.29, 0.717) is 17.4 Å². The fourth-order valence-corrected chi connectivity index (χ4v) is 6.75. The predicted molar refractivity (Wildman–Crippen MR) is 132 cm³/mol. The molecule has 0 amide bonds. The van der Waals surface area contributed by atoms with E-state index in [1.165, 1.54) is 65.6 Å². The van der Waals surface area contributed by atoms with E-state index in [4.69, 9.17) is 4.74 Å². The van der Waals surface area contributed by atoms with Crippen LogP contribution in [0.25, 0.3) is 22.2 Å². The molecule has 1 aromatic heterocycles. The number of nitrogens with zero attached hydrogens (tertiary/aromatic N) is 2. The number of ether oxygens (including phenoxy) is 1. The molecule has 2 aromatic carbocycles. The summed E-state index contributed by atoms with van der Waals surface area (Å²) in [6, 6.07) is 10.2. The molecule has 172 valence electrons. The van der Waals surface area contributed by atoms with Crippen molar-refractivity contribution in [1.82, 2.24) is 4.57 Å². The van der Waals surface area contributed by atoms with Crippen LogP contribution in [0.1, 0.15) is 78.8 Å². The van der Waals surface area contributed by atoms with Crippen molar-refractivity contribution in [2.24, 2.45) is 0 Å². The summed E-state index contributed by atoms with van der Waals surface area (Å²) in [5.41, 5.74) is 8.16. The standard InChI is InChI=1S/C28H32N2O3/c1-17-16-29-13-6-14-30-22-15-19(28(31)32)9-10-20(22)25(18-7-4-3-5-8-18)27(30)21-11-12-23(33-2)24(17)26(21)29/h9-12,15,17-18H,3-8,13-14,16H2,1-2H3,(H,31,32). The fraction of sp³-hybridized carbons (Fsp3) is 0.464. The molecule has 2 aliphatic heterocycles. The maximum absolute atomic E-state index is 11.8. The Morgan fingerprint density at radius 2 is 1.85 bits per heavy atom. The van der Waals surface area contributed by atoms with Gasteiger partial charge in [0.1, 0.15) is 5.75 Å². The molecule has 1 saturated carbocycles. The van der Waals surface area contributed by atoms with Crippen LogP contribution in [-0.2, 0) is 6.54 Å². The highest BCUT2D eigenvalue weighted by Crippen LogP contribution is 2.52. The first-order chi connectivity index (χ1) is 16.1. The maximum Gasteiger partial charge on any atom is 0.335 e. The van der Waals surface area contributed by atoms with E-state index in [0.717, 1.165) is 37.3 Å². The van der Waals surface area contributed by atoms with Crippen molar-refractivity contribution < 1.29 is 14.6 Å². The Morgan fingerprint density at radius 3 is 2.61 bits per heavy atom. The zero-order valence-corrected chi connectivity index (χ0v) is 19.6. The lowest BCUT2D eigenvalue weighted by molar-refractivity contribution is 0.0697. The van der Waals surface area contributed by atoms with Crippen LogP contribution in [0.15, 0.2) is 30.3 Å². The average molecular weight is 445 g/mol. The highest BCUT2D eigenvalue weighted by atomic mass is 16.5. The highest BCUT2D eigenvalue weighted by Gasteiger charge is 2.36. The summed E-state index contributed by atoms with van der Waals surface area (Å²) in [4.78, 5) is 14.4. The highest BCUT2D eigenvalue weighted by molar-refractivity contribution is 6.00. The number of carboxylic acids is 1. The summed E-state index contributed by atoms with van der Waals surface area (Å²) < 4.78 is 8.25. The van der Waals surface area contributed by atoms with Crippen LogP contribution >= 0.6 is 0 Å². The molecule has 3 aromatic rings. The van der Waals surface area contributed by atoms with Gasteiger partial charge in [0, 0.05) is 47.6 Å². The van der Waals surface area contributed by atoms with E-state index in [1.54, 1.807) is 13.2 Å². The minimum absolute atomic E-state index is 0.371. The number of fused-ring (bicyclic) bond motifs is 4. The van der Waals surface area contributed by atoms with Crippen LogP contribution in [0.4, 0.5) is 5.69 Å². The lowest BCUT2D eigenvalue weighted by Gasteiger charge is -2.29. The van der Waals surface area contributed by atoms with Gasteiger partial charge in [0.25, 0.3) is 0 Å². The number of hydrogen-bond donors (Lipinski definition) is 1. The van der Waals surface area contributed by atoms with Gasteiger partial charge in [-0.2, -0.15) is 0 Å². The molecule has 0 saturated heterocycles. The molecule has 0 spiro atoms. The Kier molecular flexibility index (Phi) is 4.89. The molecule has 1 fully saturated rings. The number of carboxylic acid groups (broad SMARTS) is 1. The Balaban J connectivity index is 1.70. The summed E-state index contributed by atoms with van der Waals surface area (Å²) in [5, 5.41) is 10.9. The average Bonchev–Trinajstić information content (AvgIpc) is 3.32. The molecule has 3 heterocycles. The number of hydrogen-bond acceptors (Lipinski definition) is 3. The number of aromatic nitrogens is 1. The number of methoxy groups -OCH3 is 1. The first-order valence-corrected chi connectivity index (χ1v) is 12.4. The molecular formula is C28H32N2O3. The van der Waals surface area contributed by atoms with Crippen molar-refractivity contribution in [1.29, 1.82) is 0 Å². The third-order valence-corrected chi connectivity index (χ3v) is 8.13. The minimum Gasteiger partial charge on any atom is -0.496 e. The molecule has 1 N–H and O–H groups in total. The summed E-state index contributed by atoms with van der Waals surface area (Å²) in [7, 11) is 1.77. The van der Waals surface area contributed by atoms with Crippen LogP contribution in [0.3, 0.4) is 0 Å². The summed E-state index contributed by atoms with van der Waals surface area (Å²) >= 11 is 0. The molecular weight excluding hydrogens is 412 g/mol. The van der Waals surface area contributed by atoms with E-state index in [1.807, 2.05) is 6.07 Å². The Morgan fingerprint density at radius 1 is 1.03 bits per heavy atom. The maximum atomic E-state index is 11.8. The van der Waals surface area contributed by atoms with Gasteiger partial charge in [0.2, 0.25) is 0 Å². The van der Waals surface area contributed by atoms with Crippen molar-refractivity contribution >= 4 is 22.6 Å². The molecule has 1 aliphatic carbocycles. The van der Waals surface area contributed by atoms with Gasteiger partial charge >= 0.3 is 5.97 Å². The van der Waals surface area contributed by atoms with Gasteiger partial charge in [-0.15, -0.1) is 0 Å². The number of anilines is 1. The molecule has 0 bridgehead atoms. The molecule has 6 rings (SSSR count). The SMILES string of the molecule is COc1ccc2c3c1C(C)CN3CCCn1c-2c(C2CCCCC2)c2ccc(C(=O)O)cc21. The van der Waals surface area contributed by atoms with E-state index in [-0.39, 0.29) is 0 Å². The van der Waals surface area contributed by atoms with Crippen molar-refractivity contribution in [3.63, 3.8) is 0 Å². The van der Waals surface area contributed by atoms with Crippen molar-refractivity contribution in [3.05, 3.63) is 47.0 Å². The smallest absolute Gasteiger partial charge is 0.335 e. The van der Waals surface area contributed by atoms with E-state index >= 15 is 0 Å². The van der Waals surface area contributed by atoms with E-state index < -0.39 is 5.97 Å². The van der Waals surface area contributed by atoms with Crippen molar-refractivity contribution in [2.75, 3.05) is 25.1 Å².